The Balaban J connectivity index is 2.61. The predicted octanol–water partition coefficient (Wildman–Crippen LogP) is 0.921. The molecule has 1 aliphatic rings. The molecule has 1 unspecified atom stereocenters. The zero-order valence-electron chi connectivity index (χ0n) is 6.92. The molecule has 1 heterocycles. The van der Waals surface area contributed by atoms with Crippen molar-refractivity contribution in [2.45, 2.75) is 19.4 Å². The van der Waals surface area contributed by atoms with E-state index in [1.165, 1.54) is 6.92 Å². The molecule has 4 nitrogen and oxygen atoms in total. The Hall–Kier alpha value is -1.53. The molecule has 0 fully saturated rings. The lowest BCUT2D eigenvalue weighted by Crippen LogP contribution is -2.33. The van der Waals surface area contributed by atoms with Gasteiger partial charge in [-0.2, -0.15) is 0 Å². The van der Waals surface area contributed by atoms with Crippen molar-refractivity contribution < 1.29 is 32.2 Å². The van der Waals surface area contributed by atoms with Crippen LogP contribution in [-0.4, -0.2) is 24.2 Å². The Labute approximate surface area is 76.3 Å². The van der Waals surface area contributed by atoms with E-state index in [1.54, 1.807) is 0 Å². The van der Waals surface area contributed by atoms with Gasteiger partial charge in [0.15, 0.2) is 0 Å². The third-order valence-corrected chi connectivity index (χ3v) is 1.34. The van der Waals surface area contributed by atoms with Crippen molar-refractivity contribution in [1.29, 1.82) is 0 Å². The van der Waals surface area contributed by atoms with E-state index in [2.05, 4.69) is 9.47 Å². The fourth-order valence-electron chi connectivity index (χ4n) is 0.886. The first kappa shape index (κ1) is 10.6. The fraction of sp³-hybridized carbons (Fsp3) is 0.429. The van der Waals surface area contributed by atoms with E-state index in [-0.39, 0.29) is 5.76 Å². The molecule has 1 rings (SSSR count). The zero-order valence-corrected chi connectivity index (χ0v) is 6.92. The van der Waals surface area contributed by atoms with Gasteiger partial charge in [-0.1, -0.05) is 0 Å². The number of alkyl halides is 3. The molecule has 1 atom stereocenters. The number of allylic oxidation sites excluding steroid dienone is 1. The van der Waals surface area contributed by atoms with Crippen molar-refractivity contribution in [3.8, 4) is 0 Å². The predicted molar refractivity (Wildman–Crippen MR) is 35.8 cm³/mol. The number of halogens is 3. The number of rotatable bonds is 1. The molecular formula is C7H5F3O4. The lowest BCUT2D eigenvalue weighted by Gasteiger charge is -2.11. The Morgan fingerprint density at radius 1 is 1.57 bits per heavy atom. The van der Waals surface area contributed by atoms with Crippen molar-refractivity contribution in [2.24, 2.45) is 0 Å². The third-order valence-electron chi connectivity index (χ3n) is 1.34. The first-order valence-electron chi connectivity index (χ1n) is 3.48. The monoisotopic (exact) mass is 210 g/mol. The van der Waals surface area contributed by atoms with Crippen molar-refractivity contribution in [2.75, 3.05) is 0 Å². The molecule has 0 radical (unpaired) electrons. The molecule has 0 bridgehead atoms. The summed E-state index contributed by atoms with van der Waals surface area (Å²) in [6.45, 7) is 1.35. The lowest BCUT2D eigenvalue weighted by atomic mass is 10.2. The van der Waals surface area contributed by atoms with Gasteiger partial charge < -0.3 is 9.47 Å². The number of carbonyl (C=O) groups excluding carboxylic acids is 2. The molecule has 0 saturated heterocycles. The van der Waals surface area contributed by atoms with Crippen molar-refractivity contribution in [3.63, 3.8) is 0 Å². The van der Waals surface area contributed by atoms with Gasteiger partial charge in [0.1, 0.15) is 0 Å². The van der Waals surface area contributed by atoms with Crippen molar-refractivity contribution in [1.82, 2.24) is 0 Å². The Morgan fingerprint density at radius 2 is 2.14 bits per heavy atom. The van der Waals surface area contributed by atoms with Crippen LogP contribution in [0.2, 0.25) is 0 Å². The van der Waals surface area contributed by atoms with Crippen molar-refractivity contribution in [3.05, 3.63) is 11.8 Å². The van der Waals surface area contributed by atoms with E-state index in [0.29, 0.717) is 0 Å². The third kappa shape index (κ3) is 2.48. The summed E-state index contributed by atoms with van der Waals surface area (Å²) in [6, 6.07) is 0. The molecule has 0 aliphatic carbocycles. The molecule has 0 spiro atoms. The number of ether oxygens (including phenoxy) is 2. The minimum absolute atomic E-state index is 0.0825. The van der Waals surface area contributed by atoms with Gasteiger partial charge in [-0.15, -0.1) is 13.2 Å². The molecular weight excluding hydrogens is 205 g/mol. The largest absolute Gasteiger partial charge is 0.575 e. The highest BCUT2D eigenvalue weighted by molar-refractivity contribution is 6.09. The summed E-state index contributed by atoms with van der Waals surface area (Å²) in [4.78, 5) is 21.5. The SMILES string of the molecule is CC1=CC(=O)C(C(=O)OC(F)(F)F)O1. The molecule has 1 aliphatic heterocycles. The second kappa shape index (κ2) is 3.32. The molecule has 14 heavy (non-hydrogen) atoms. The van der Waals surface area contributed by atoms with Gasteiger partial charge in [0.2, 0.25) is 5.78 Å². The van der Waals surface area contributed by atoms with E-state index in [0.717, 1.165) is 6.08 Å². The maximum atomic E-state index is 11.6. The Kier molecular flexibility index (Phi) is 2.50. The van der Waals surface area contributed by atoms with Gasteiger partial charge in [0.25, 0.3) is 6.10 Å². The molecule has 0 aromatic carbocycles. The molecule has 0 aromatic rings. The summed E-state index contributed by atoms with van der Waals surface area (Å²) in [5.74, 6) is -2.52. The van der Waals surface area contributed by atoms with Gasteiger partial charge in [-0.25, -0.2) is 4.79 Å². The van der Waals surface area contributed by atoms with Crippen molar-refractivity contribution >= 4 is 11.8 Å². The second-order valence-corrected chi connectivity index (χ2v) is 2.52. The van der Waals surface area contributed by atoms with Crippen LogP contribution in [0.25, 0.3) is 0 Å². The standard InChI is InChI=1S/C7H5F3O4/c1-3-2-4(11)5(13-3)6(12)14-7(8,9)10/h2,5H,1H3. The summed E-state index contributed by atoms with van der Waals surface area (Å²) >= 11 is 0. The van der Waals surface area contributed by atoms with Crippen LogP contribution in [0.5, 0.6) is 0 Å². The molecule has 78 valence electrons. The summed E-state index contributed by atoms with van der Waals surface area (Å²) in [5.41, 5.74) is 0. The Morgan fingerprint density at radius 3 is 2.50 bits per heavy atom. The molecule has 0 amide bonds. The van der Waals surface area contributed by atoms with E-state index < -0.39 is 24.2 Å². The summed E-state index contributed by atoms with van der Waals surface area (Å²) in [5, 5.41) is 0. The molecule has 0 N–H and O–H groups in total. The highest BCUT2D eigenvalue weighted by Gasteiger charge is 2.41. The van der Waals surface area contributed by atoms with Crippen LogP contribution in [0.3, 0.4) is 0 Å². The second-order valence-electron chi connectivity index (χ2n) is 2.52. The summed E-state index contributed by atoms with van der Waals surface area (Å²) in [6.07, 6.45) is -5.99. The van der Waals surface area contributed by atoms with E-state index in [4.69, 9.17) is 0 Å². The lowest BCUT2D eigenvalue weighted by molar-refractivity contribution is -0.308. The average molecular weight is 210 g/mol. The smallest absolute Gasteiger partial charge is 0.475 e. The average Bonchev–Trinajstić information content (AvgIpc) is 2.26. The van der Waals surface area contributed by atoms with Crippen LogP contribution in [-0.2, 0) is 19.1 Å². The minimum Gasteiger partial charge on any atom is -0.475 e. The number of ketones is 1. The van der Waals surface area contributed by atoms with Gasteiger partial charge in [0, 0.05) is 6.08 Å². The summed E-state index contributed by atoms with van der Waals surface area (Å²) in [7, 11) is 0. The van der Waals surface area contributed by atoms with Crippen LogP contribution in [0.15, 0.2) is 11.8 Å². The van der Waals surface area contributed by atoms with Gasteiger partial charge in [-0.3, -0.25) is 4.79 Å². The van der Waals surface area contributed by atoms with Crippen LogP contribution in [0, 0.1) is 0 Å². The highest BCUT2D eigenvalue weighted by atomic mass is 19.4. The van der Waals surface area contributed by atoms with Crippen LogP contribution in [0.1, 0.15) is 6.92 Å². The zero-order chi connectivity index (χ0) is 10.9. The van der Waals surface area contributed by atoms with Gasteiger partial charge in [0.05, 0.1) is 5.76 Å². The highest BCUT2D eigenvalue weighted by Crippen LogP contribution is 2.21. The van der Waals surface area contributed by atoms with Crippen LogP contribution >= 0.6 is 0 Å². The fourth-order valence-corrected chi connectivity index (χ4v) is 0.886. The summed E-state index contributed by atoms with van der Waals surface area (Å²) < 4.78 is 42.2. The maximum absolute atomic E-state index is 11.6. The maximum Gasteiger partial charge on any atom is 0.575 e. The number of hydrogen-bond donors (Lipinski definition) is 0. The molecule has 0 aromatic heterocycles. The first-order valence-corrected chi connectivity index (χ1v) is 3.48. The number of carbonyl (C=O) groups is 2. The normalized spacial score (nSPS) is 21.6. The van der Waals surface area contributed by atoms with Crippen LogP contribution < -0.4 is 0 Å². The minimum atomic E-state index is -5.10. The quantitative estimate of drug-likeness (QED) is 0.477. The van der Waals surface area contributed by atoms with E-state index in [1.807, 2.05) is 0 Å². The van der Waals surface area contributed by atoms with Crippen LogP contribution in [0.4, 0.5) is 13.2 Å². The number of esters is 1. The van der Waals surface area contributed by atoms with E-state index in [9.17, 15) is 22.8 Å². The number of hydrogen-bond acceptors (Lipinski definition) is 4. The topological polar surface area (TPSA) is 52.6 Å². The van der Waals surface area contributed by atoms with Gasteiger partial charge in [-0.05, 0) is 6.92 Å². The molecule has 0 saturated carbocycles. The van der Waals surface area contributed by atoms with E-state index >= 15 is 0 Å². The van der Waals surface area contributed by atoms with Gasteiger partial charge >= 0.3 is 12.3 Å². The Bertz CT molecular complexity index is 305. The molecule has 7 heteroatoms. The first-order chi connectivity index (χ1) is 6.29.